The molecule has 0 radical (unpaired) electrons. The Morgan fingerprint density at radius 2 is 1.81 bits per heavy atom. The Morgan fingerprint density at radius 1 is 1.19 bits per heavy atom. The van der Waals surface area contributed by atoms with E-state index in [4.69, 9.17) is 10.5 Å². The van der Waals surface area contributed by atoms with Crippen LogP contribution in [0.15, 0.2) is 30.3 Å². The zero-order valence-electron chi connectivity index (χ0n) is 19.4. The van der Waals surface area contributed by atoms with E-state index in [1.807, 2.05) is 35.2 Å². The number of nitrogens with two attached hydrogens (primary N) is 1. The summed E-state index contributed by atoms with van der Waals surface area (Å²) in [6.45, 7) is 8.91. The zero-order chi connectivity index (χ0) is 21.7. The van der Waals surface area contributed by atoms with Gasteiger partial charge in [0.05, 0.1) is 6.54 Å². The average Bonchev–Trinajstić information content (AvgIpc) is 3.02. The lowest BCUT2D eigenvalue weighted by Gasteiger charge is -2.38. The van der Waals surface area contributed by atoms with Crippen molar-refractivity contribution in [3.63, 3.8) is 0 Å². The number of nitrogens with zero attached hydrogens (tertiary/aromatic N) is 3. The van der Waals surface area contributed by atoms with Gasteiger partial charge in [-0.2, -0.15) is 0 Å². The van der Waals surface area contributed by atoms with Gasteiger partial charge in [0.25, 0.3) is 0 Å². The Balaban J connectivity index is 0.00000256. The summed E-state index contributed by atoms with van der Waals surface area (Å²) >= 11 is 0. The lowest BCUT2D eigenvalue weighted by Crippen LogP contribution is -2.50. The van der Waals surface area contributed by atoms with E-state index < -0.39 is 11.6 Å². The first-order valence-electron chi connectivity index (χ1n) is 11.1. The smallest absolute Gasteiger partial charge is 0.410 e. The fourth-order valence-corrected chi connectivity index (χ4v) is 4.51. The number of hydrogen-bond donors (Lipinski definition) is 1. The normalized spacial score (nSPS) is 18.4. The van der Waals surface area contributed by atoms with Gasteiger partial charge in [0.1, 0.15) is 11.6 Å². The second kappa shape index (κ2) is 12.6. The van der Waals surface area contributed by atoms with Crippen molar-refractivity contribution in [1.29, 1.82) is 0 Å². The molecule has 0 bridgehead atoms. The lowest BCUT2D eigenvalue weighted by molar-refractivity contribution is -0.136. The van der Waals surface area contributed by atoms with Crippen LogP contribution in [-0.4, -0.2) is 78.6 Å². The summed E-state index contributed by atoms with van der Waals surface area (Å²) in [7, 11) is 2.12. The Labute approximate surface area is 204 Å². The van der Waals surface area contributed by atoms with E-state index in [0.717, 1.165) is 25.1 Å². The van der Waals surface area contributed by atoms with Crippen molar-refractivity contribution in [2.45, 2.75) is 44.8 Å². The molecule has 1 spiro atoms. The standard InChI is InChI=1S/C23H36N4O3.2ClH/c1-18(2)16-25(3)12-7-13-27-17-23(30-22(27)29)10-14-26(15-11-23)21(28)20(24)19-8-5-4-6-9-19;;/h4-6,8-9,18,20H,7,10-17,24H2,1-3H3;2*1H/t20-;;/m1../s1. The quantitative estimate of drug-likeness (QED) is 0.606. The van der Waals surface area contributed by atoms with Crippen LogP contribution >= 0.6 is 24.8 Å². The van der Waals surface area contributed by atoms with Crippen LogP contribution < -0.4 is 5.73 Å². The molecule has 7 nitrogen and oxygen atoms in total. The minimum absolute atomic E-state index is 0. The lowest BCUT2D eigenvalue weighted by atomic mass is 9.90. The maximum atomic E-state index is 12.8. The van der Waals surface area contributed by atoms with E-state index in [2.05, 4.69) is 25.8 Å². The van der Waals surface area contributed by atoms with Crippen LogP contribution in [0.5, 0.6) is 0 Å². The summed E-state index contributed by atoms with van der Waals surface area (Å²) < 4.78 is 5.80. The summed E-state index contributed by atoms with van der Waals surface area (Å²) in [6, 6.07) is 8.80. The molecule has 2 aliphatic rings. The largest absolute Gasteiger partial charge is 0.441 e. The molecule has 0 aromatic heterocycles. The number of benzene rings is 1. The van der Waals surface area contributed by atoms with Gasteiger partial charge < -0.3 is 25.2 Å². The number of ether oxygens (including phenoxy) is 1. The zero-order valence-corrected chi connectivity index (χ0v) is 21.0. The van der Waals surface area contributed by atoms with Crippen molar-refractivity contribution in [2.75, 3.05) is 46.3 Å². The molecular weight excluding hydrogens is 451 g/mol. The number of rotatable bonds is 8. The molecule has 2 N–H and O–H groups in total. The second-order valence-corrected chi connectivity index (χ2v) is 9.20. The fourth-order valence-electron chi connectivity index (χ4n) is 4.51. The van der Waals surface area contributed by atoms with Crippen molar-refractivity contribution in [1.82, 2.24) is 14.7 Å². The first-order chi connectivity index (χ1) is 14.3. The molecule has 2 amide bonds. The van der Waals surface area contributed by atoms with Gasteiger partial charge in [0, 0.05) is 39.0 Å². The minimum Gasteiger partial charge on any atom is -0.441 e. The molecule has 0 saturated carbocycles. The van der Waals surface area contributed by atoms with E-state index in [9.17, 15) is 9.59 Å². The summed E-state index contributed by atoms with van der Waals surface area (Å²) in [5, 5.41) is 0. The van der Waals surface area contributed by atoms with Gasteiger partial charge in [0.15, 0.2) is 0 Å². The summed E-state index contributed by atoms with van der Waals surface area (Å²) in [5.74, 6) is 0.573. The van der Waals surface area contributed by atoms with Gasteiger partial charge in [-0.3, -0.25) is 4.79 Å². The van der Waals surface area contributed by atoms with E-state index in [1.54, 1.807) is 4.90 Å². The molecule has 2 aliphatic heterocycles. The number of hydrogen-bond acceptors (Lipinski definition) is 5. The van der Waals surface area contributed by atoms with Crippen LogP contribution in [0.2, 0.25) is 0 Å². The SMILES string of the molecule is CC(C)CN(C)CCCN1CC2(CCN(C(=O)[C@H](N)c3ccccc3)CC2)OC1=O.Cl.Cl. The molecule has 3 rings (SSSR count). The van der Waals surface area contributed by atoms with E-state index in [-0.39, 0.29) is 36.8 Å². The predicted octanol–water partition coefficient (Wildman–Crippen LogP) is 3.32. The van der Waals surface area contributed by atoms with Crippen LogP contribution in [-0.2, 0) is 9.53 Å². The second-order valence-electron chi connectivity index (χ2n) is 9.20. The van der Waals surface area contributed by atoms with E-state index >= 15 is 0 Å². The highest BCUT2D eigenvalue weighted by Crippen LogP contribution is 2.34. The Hall–Kier alpha value is -1.54. The average molecular weight is 489 g/mol. The molecule has 2 saturated heterocycles. The van der Waals surface area contributed by atoms with Gasteiger partial charge in [-0.1, -0.05) is 44.2 Å². The highest BCUT2D eigenvalue weighted by atomic mass is 35.5. The number of amides is 2. The maximum Gasteiger partial charge on any atom is 0.410 e. The predicted molar refractivity (Wildman–Crippen MR) is 131 cm³/mol. The number of halogens is 2. The highest BCUT2D eigenvalue weighted by molar-refractivity contribution is 5.85. The van der Waals surface area contributed by atoms with Crippen molar-refractivity contribution in [3.8, 4) is 0 Å². The maximum absolute atomic E-state index is 12.8. The number of piperidine rings is 1. The fraction of sp³-hybridized carbons (Fsp3) is 0.652. The number of carbonyl (C=O) groups excluding carboxylic acids is 2. The molecular formula is C23H38Cl2N4O3. The van der Waals surface area contributed by atoms with E-state index in [1.165, 1.54) is 0 Å². The van der Waals surface area contributed by atoms with Crippen LogP contribution in [0, 0.1) is 5.92 Å². The Bertz CT molecular complexity index is 727. The Kier molecular flexibility index (Phi) is 11.2. The summed E-state index contributed by atoms with van der Waals surface area (Å²) in [5.41, 5.74) is 6.54. The first-order valence-corrected chi connectivity index (χ1v) is 11.1. The minimum atomic E-state index is -0.647. The third kappa shape index (κ3) is 7.24. The van der Waals surface area contributed by atoms with Crippen molar-refractivity contribution in [2.24, 2.45) is 11.7 Å². The molecule has 2 fully saturated rings. The third-order valence-electron chi connectivity index (χ3n) is 6.10. The van der Waals surface area contributed by atoms with Gasteiger partial charge in [0.2, 0.25) is 5.91 Å². The molecule has 1 aromatic carbocycles. The molecule has 0 aliphatic carbocycles. The van der Waals surface area contributed by atoms with Crippen molar-refractivity contribution in [3.05, 3.63) is 35.9 Å². The molecule has 0 unspecified atom stereocenters. The van der Waals surface area contributed by atoms with E-state index in [0.29, 0.717) is 44.9 Å². The van der Waals surface area contributed by atoms with Gasteiger partial charge in [-0.05, 0) is 31.5 Å². The number of likely N-dealkylation sites (tertiary alicyclic amines) is 1. The van der Waals surface area contributed by atoms with Gasteiger partial charge >= 0.3 is 6.09 Å². The topological polar surface area (TPSA) is 79.1 Å². The molecule has 182 valence electrons. The number of carbonyl (C=O) groups is 2. The summed E-state index contributed by atoms with van der Waals surface area (Å²) in [4.78, 5) is 31.1. The van der Waals surface area contributed by atoms with Crippen LogP contribution in [0.25, 0.3) is 0 Å². The monoisotopic (exact) mass is 488 g/mol. The molecule has 1 atom stereocenters. The van der Waals surface area contributed by atoms with Gasteiger partial charge in [-0.25, -0.2) is 4.79 Å². The van der Waals surface area contributed by atoms with Gasteiger partial charge in [-0.15, -0.1) is 24.8 Å². The molecule has 9 heteroatoms. The third-order valence-corrected chi connectivity index (χ3v) is 6.10. The van der Waals surface area contributed by atoms with Crippen molar-refractivity contribution >= 4 is 36.8 Å². The van der Waals surface area contributed by atoms with Crippen LogP contribution in [0.4, 0.5) is 4.79 Å². The Morgan fingerprint density at radius 3 is 2.41 bits per heavy atom. The van der Waals surface area contributed by atoms with Crippen LogP contribution in [0.3, 0.4) is 0 Å². The molecule has 2 heterocycles. The highest BCUT2D eigenvalue weighted by Gasteiger charge is 2.47. The summed E-state index contributed by atoms with van der Waals surface area (Å²) in [6.07, 6.45) is 2.04. The van der Waals surface area contributed by atoms with Crippen LogP contribution in [0.1, 0.15) is 44.7 Å². The molecule has 1 aromatic rings. The first kappa shape index (κ1) is 28.5. The van der Waals surface area contributed by atoms with Crippen molar-refractivity contribution < 1.29 is 14.3 Å². The molecule has 32 heavy (non-hydrogen) atoms.